The van der Waals surface area contributed by atoms with Crippen molar-refractivity contribution in [2.75, 3.05) is 18.4 Å². The Bertz CT molecular complexity index is 519. The molecule has 0 unspecified atom stereocenters. The molecular weight excluding hydrogens is 318 g/mol. The molecule has 0 atom stereocenters. The summed E-state index contributed by atoms with van der Waals surface area (Å²) in [5, 5.41) is 13.6. The standard InChI is InChI=1S/C11H12BrN3O4/c12-7-2-1-6(11(18)19)3-8(7)15-10(17)5-14-9(16)4-13/h1-3H,4-5,13H2,(H,14,16)(H,15,17)(H,18,19). The van der Waals surface area contributed by atoms with Crippen molar-refractivity contribution in [3.63, 3.8) is 0 Å². The van der Waals surface area contributed by atoms with Crippen LogP contribution in [-0.2, 0) is 9.59 Å². The van der Waals surface area contributed by atoms with E-state index in [9.17, 15) is 14.4 Å². The van der Waals surface area contributed by atoms with E-state index >= 15 is 0 Å². The molecule has 0 aliphatic rings. The number of nitrogens with one attached hydrogen (secondary N) is 2. The summed E-state index contributed by atoms with van der Waals surface area (Å²) in [7, 11) is 0. The fourth-order valence-electron chi connectivity index (χ4n) is 1.20. The number of nitrogens with two attached hydrogens (primary N) is 1. The van der Waals surface area contributed by atoms with E-state index in [1.165, 1.54) is 18.2 Å². The number of anilines is 1. The minimum Gasteiger partial charge on any atom is -0.478 e. The number of aromatic carboxylic acids is 1. The summed E-state index contributed by atoms with van der Waals surface area (Å²) in [6.45, 7) is -0.439. The van der Waals surface area contributed by atoms with E-state index in [-0.39, 0.29) is 18.7 Å². The number of hydrogen-bond acceptors (Lipinski definition) is 4. The van der Waals surface area contributed by atoms with Crippen LogP contribution in [0, 0.1) is 0 Å². The molecule has 5 N–H and O–H groups in total. The van der Waals surface area contributed by atoms with Gasteiger partial charge in [-0.1, -0.05) is 0 Å². The fraction of sp³-hybridized carbons (Fsp3) is 0.182. The number of halogens is 1. The quantitative estimate of drug-likeness (QED) is 0.613. The van der Waals surface area contributed by atoms with E-state index < -0.39 is 17.8 Å². The maximum Gasteiger partial charge on any atom is 0.335 e. The lowest BCUT2D eigenvalue weighted by molar-refractivity contribution is -0.123. The van der Waals surface area contributed by atoms with Gasteiger partial charge in [-0.15, -0.1) is 0 Å². The molecule has 7 nitrogen and oxygen atoms in total. The first kappa shape index (κ1) is 15.1. The van der Waals surface area contributed by atoms with Gasteiger partial charge in [0, 0.05) is 4.47 Å². The number of amides is 2. The zero-order valence-corrected chi connectivity index (χ0v) is 11.4. The third kappa shape index (κ3) is 4.68. The first-order valence-electron chi connectivity index (χ1n) is 5.23. The van der Waals surface area contributed by atoms with Gasteiger partial charge in [0.05, 0.1) is 24.3 Å². The second-order valence-electron chi connectivity index (χ2n) is 3.53. The van der Waals surface area contributed by atoms with Crippen molar-refractivity contribution in [2.45, 2.75) is 0 Å². The molecule has 2 amide bonds. The predicted octanol–water partition coefficient (Wildman–Crippen LogP) is 0.161. The van der Waals surface area contributed by atoms with Crippen molar-refractivity contribution in [3.05, 3.63) is 28.2 Å². The van der Waals surface area contributed by atoms with Crippen molar-refractivity contribution in [2.24, 2.45) is 5.73 Å². The largest absolute Gasteiger partial charge is 0.478 e. The van der Waals surface area contributed by atoms with E-state index in [0.29, 0.717) is 10.2 Å². The zero-order chi connectivity index (χ0) is 14.4. The molecule has 1 rings (SSSR count). The Balaban J connectivity index is 2.70. The third-order valence-corrected chi connectivity index (χ3v) is 2.81. The molecule has 0 bridgehead atoms. The van der Waals surface area contributed by atoms with Crippen LogP contribution in [0.3, 0.4) is 0 Å². The van der Waals surface area contributed by atoms with Crippen LogP contribution in [-0.4, -0.2) is 36.0 Å². The van der Waals surface area contributed by atoms with Gasteiger partial charge in [-0.25, -0.2) is 4.79 Å². The highest BCUT2D eigenvalue weighted by Crippen LogP contribution is 2.23. The number of hydrogen-bond donors (Lipinski definition) is 4. The van der Waals surface area contributed by atoms with Gasteiger partial charge in [-0.3, -0.25) is 9.59 Å². The second kappa shape index (κ2) is 6.86. The molecule has 102 valence electrons. The van der Waals surface area contributed by atoms with E-state index in [1.54, 1.807) is 0 Å². The summed E-state index contributed by atoms with van der Waals surface area (Å²) >= 11 is 3.19. The molecule has 0 saturated heterocycles. The summed E-state index contributed by atoms with van der Waals surface area (Å²) in [4.78, 5) is 33.2. The number of rotatable bonds is 5. The van der Waals surface area contributed by atoms with Gasteiger partial charge in [-0.2, -0.15) is 0 Å². The van der Waals surface area contributed by atoms with E-state index in [0.717, 1.165) is 0 Å². The smallest absolute Gasteiger partial charge is 0.335 e. The Morgan fingerprint density at radius 1 is 1.26 bits per heavy atom. The molecular formula is C11H12BrN3O4. The van der Waals surface area contributed by atoms with Gasteiger partial charge in [0.15, 0.2) is 0 Å². The molecule has 0 aromatic heterocycles. The number of benzene rings is 1. The van der Waals surface area contributed by atoms with Gasteiger partial charge in [-0.05, 0) is 34.1 Å². The molecule has 1 aromatic carbocycles. The number of carboxylic acids is 1. The lowest BCUT2D eigenvalue weighted by Crippen LogP contribution is -2.36. The van der Waals surface area contributed by atoms with Crippen LogP contribution in [0.25, 0.3) is 0 Å². The molecule has 0 aliphatic heterocycles. The van der Waals surface area contributed by atoms with Crippen LogP contribution in [0.15, 0.2) is 22.7 Å². The number of carbonyl (C=O) groups excluding carboxylic acids is 2. The molecule has 0 aliphatic carbocycles. The van der Waals surface area contributed by atoms with Crippen LogP contribution >= 0.6 is 15.9 Å². The maximum atomic E-state index is 11.5. The van der Waals surface area contributed by atoms with Gasteiger partial charge in [0.2, 0.25) is 11.8 Å². The van der Waals surface area contributed by atoms with Crippen molar-refractivity contribution in [1.29, 1.82) is 0 Å². The van der Waals surface area contributed by atoms with Crippen LogP contribution in [0.2, 0.25) is 0 Å². The van der Waals surface area contributed by atoms with Gasteiger partial charge in [0.1, 0.15) is 0 Å². The molecule has 0 saturated carbocycles. The topological polar surface area (TPSA) is 122 Å². The van der Waals surface area contributed by atoms with E-state index in [2.05, 4.69) is 26.6 Å². The minimum atomic E-state index is -1.10. The normalized spacial score (nSPS) is 9.79. The molecule has 1 aromatic rings. The van der Waals surface area contributed by atoms with Crippen LogP contribution in [0.5, 0.6) is 0 Å². The Hall–Kier alpha value is -1.93. The van der Waals surface area contributed by atoms with Crippen LogP contribution < -0.4 is 16.4 Å². The minimum absolute atomic E-state index is 0.0458. The summed E-state index contributed by atoms with van der Waals surface area (Å²) < 4.78 is 0.538. The van der Waals surface area contributed by atoms with E-state index in [4.69, 9.17) is 10.8 Å². The second-order valence-corrected chi connectivity index (χ2v) is 4.38. The SMILES string of the molecule is NCC(=O)NCC(=O)Nc1cc(C(=O)O)ccc1Br. The van der Waals surface area contributed by atoms with Gasteiger partial charge in [0.25, 0.3) is 0 Å². The molecule has 8 heteroatoms. The lowest BCUT2D eigenvalue weighted by Gasteiger charge is -2.09. The first-order chi connectivity index (χ1) is 8.93. The Labute approximate surface area is 117 Å². The third-order valence-electron chi connectivity index (χ3n) is 2.12. The summed E-state index contributed by atoms with van der Waals surface area (Å²) in [5.74, 6) is -2.03. The number of carboxylic acid groups (broad SMARTS) is 1. The average molecular weight is 330 g/mol. The molecule has 19 heavy (non-hydrogen) atoms. The van der Waals surface area contributed by atoms with Crippen LogP contribution in [0.1, 0.15) is 10.4 Å². The van der Waals surface area contributed by atoms with Crippen molar-refractivity contribution >= 4 is 39.4 Å². The number of carbonyl (C=O) groups is 3. The summed E-state index contributed by atoms with van der Waals surface area (Å²) in [6.07, 6.45) is 0. The summed E-state index contributed by atoms with van der Waals surface area (Å²) in [5.41, 5.74) is 5.43. The lowest BCUT2D eigenvalue weighted by atomic mass is 10.2. The monoisotopic (exact) mass is 329 g/mol. The van der Waals surface area contributed by atoms with Crippen molar-refractivity contribution < 1.29 is 19.5 Å². The highest BCUT2D eigenvalue weighted by atomic mass is 79.9. The average Bonchev–Trinajstić information content (AvgIpc) is 2.38. The predicted molar refractivity (Wildman–Crippen MR) is 71.8 cm³/mol. The van der Waals surface area contributed by atoms with Crippen molar-refractivity contribution in [1.82, 2.24) is 5.32 Å². The highest BCUT2D eigenvalue weighted by Gasteiger charge is 2.10. The Morgan fingerprint density at radius 3 is 2.53 bits per heavy atom. The Morgan fingerprint density at radius 2 is 1.95 bits per heavy atom. The van der Waals surface area contributed by atoms with Gasteiger partial charge >= 0.3 is 5.97 Å². The molecule has 0 heterocycles. The molecule has 0 fully saturated rings. The maximum absolute atomic E-state index is 11.5. The highest BCUT2D eigenvalue weighted by molar-refractivity contribution is 9.10. The molecule has 0 radical (unpaired) electrons. The fourth-order valence-corrected chi connectivity index (χ4v) is 1.55. The zero-order valence-electron chi connectivity index (χ0n) is 9.77. The van der Waals surface area contributed by atoms with Crippen molar-refractivity contribution in [3.8, 4) is 0 Å². The Kier molecular flexibility index (Phi) is 5.46. The van der Waals surface area contributed by atoms with Gasteiger partial charge < -0.3 is 21.5 Å². The summed E-state index contributed by atoms with van der Waals surface area (Å²) in [6, 6.07) is 4.23. The molecule has 0 spiro atoms. The first-order valence-corrected chi connectivity index (χ1v) is 6.02. The van der Waals surface area contributed by atoms with Crippen LogP contribution in [0.4, 0.5) is 5.69 Å². The van der Waals surface area contributed by atoms with E-state index in [1.807, 2.05) is 0 Å².